The van der Waals surface area contributed by atoms with Crippen LogP contribution in [0.1, 0.15) is 92.7 Å². The van der Waals surface area contributed by atoms with Gasteiger partial charge in [-0.1, -0.05) is 20.8 Å². The maximum absolute atomic E-state index is 14.5. The van der Waals surface area contributed by atoms with Gasteiger partial charge in [-0.2, -0.15) is 0 Å². The van der Waals surface area contributed by atoms with E-state index in [2.05, 4.69) is 0 Å². The lowest BCUT2D eigenvalue weighted by Gasteiger charge is -2.77. The van der Waals surface area contributed by atoms with Gasteiger partial charge in [-0.15, -0.1) is 0 Å². The Bertz CT molecular complexity index is 1900. The first-order valence-corrected chi connectivity index (χ1v) is 18.9. The lowest BCUT2D eigenvalue weighted by Crippen LogP contribution is -2.97. The first-order valence-electron chi connectivity index (χ1n) is 18.9. The molecule has 57 heavy (non-hydrogen) atoms. The Balaban J connectivity index is 1.68. The maximum atomic E-state index is 14.5. The highest BCUT2D eigenvalue weighted by Crippen LogP contribution is 2.87. The van der Waals surface area contributed by atoms with Crippen LogP contribution in [0.25, 0.3) is 0 Å². The molecule has 1 spiro atoms. The van der Waals surface area contributed by atoms with Crippen molar-refractivity contribution in [1.82, 2.24) is 0 Å². The topological polar surface area (TPSA) is 250 Å². The quantitative estimate of drug-likeness (QED) is 0.211. The third-order valence-corrected chi connectivity index (χ3v) is 14.5. The number of carbonyl (C=O) groups is 6. The fourth-order valence-electron chi connectivity index (χ4n) is 12.9. The zero-order chi connectivity index (χ0) is 42.1. The third-order valence-electron chi connectivity index (χ3n) is 14.5. The van der Waals surface area contributed by atoms with E-state index in [1.807, 2.05) is 0 Å². The van der Waals surface area contributed by atoms with Crippen molar-refractivity contribution < 1.29 is 86.4 Å². The highest BCUT2D eigenvalue weighted by atomic mass is 16.8. The van der Waals surface area contributed by atoms with Crippen molar-refractivity contribution in [1.29, 1.82) is 0 Å². The lowest BCUT2D eigenvalue weighted by atomic mass is 9.32. The molecule has 1 aromatic heterocycles. The number of hydrogen-bond acceptors (Lipinski definition) is 18. The zero-order valence-corrected chi connectivity index (χ0v) is 33.3. The molecule has 2 aliphatic heterocycles. The van der Waals surface area contributed by atoms with Crippen LogP contribution in [0.2, 0.25) is 0 Å². The van der Waals surface area contributed by atoms with Gasteiger partial charge < -0.3 is 57.6 Å². The smallest absolute Gasteiger partial charge is 0.305 e. The summed E-state index contributed by atoms with van der Waals surface area (Å²) >= 11 is 0. The minimum atomic E-state index is -2.95. The molecule has 1 aromatic rings. The van der Waals surface area contributed by atoms with Gasteiger partial charge in [-0.25, -0.2) is 0 Å². The molecule has 314 valence electrons. The van der Waals surface area contributed by atoms with Gasteiger partial charge in [0.1, 0.15) is 41.7 Å². The zero-order valence-electron chi connectivity index (χ0n) is 33.3. The molecule has 4 aliphatic carbocycles. The molecule has 3 N–H and O–H groups in total. The summed E-state index contributed by atoms with van der Waals surface area (Å²) < 4.78 is 54.5. The number of fused-ring (bicyclic) bond motifs is 4. The number of rotatable bonds is 11. The van der Waals surface area contributed by atoms with Crippen molar-refractivity contribution in [3.63, 3.8) is 0 Å². The van der Waals surface area contributed by atoms with Crippen molar-refractivity contribution in [3.05, 3.63) is 24.2 Å². The Morgan fingerprint density at radius 3 is 2.05 bits per heavy atom. The van der Waals surface area contributed by atoms with Crippen LogP contribution in [0.4, 0.5) is 0 Å². The first kappa shape index (κ1) is 41.1. The summed E-state index contributed by atoms with van der Waals surface area (Å²) in [6.45, 7) is 9.33. The summed E-state index contributed by atoms with van der Waals surface area (Å²) in [5, 5.41) is 41.9. The Morgan fingerprint density at radius 2 is 1.53 bits per heavy atom. The molecule has 18 heteroatoms. The highest BCUT2D eigenvalue weighted by molar-refractivity contribution is 5.73. The normalized spacial score (nSPS) is 46.0. The summed E-state index contributed by atoms with van der Waals surface area (Å²) in [5.41, 5.74) is -16.5. The highest BCUT2D eigenvalue weighted by Gasteiger charge is 3.04. The number of esters is 6. The molecule has 7 rings (SSSR count). The average molecular weight is 807 g/mol. The molecule has 4 saturated carbocycles. The van der Waals surface area contributed by atoms with Gasteiger partial charge in [0, 0.05) is 64.4 Å². The Morgan fingerprint density at radius 1 is 0.895 bits per heavy atom. The van der Waals surface area contributed by atoms with E-state index >= 15 is 0 Å². The van der Waals surface area contributed by atoms with E-state index in [-0.39, 0.29) is 18.4 Å². The van der Waals surface area contributed by atoms with Gasteiger partial charge in [-0.05, 0) is 24.8 Å². The molecule has 6 fully saturated rings. The van der Waals surface area contributed by atoms with Crippen molar-refractivity contribution in [2.24, 2.45) is 28.1 Å². The van der Waals surface area contributed by atoms with Gasteiger partial charge in [0.2, 0.25) is 0 Å². The monoisotopic (exact) mass is 806 g/mol. The molecule has 18 nitrogen and oxygen atoms in total. The van der Waals surface area contributed by atoms with Gasteiger partial charge in [-0.3, -0.25) is 28.8 Å². The second-order valence-electron chi connectivity index (χ2n) is 17.1. The van der Waals surface area contributed by atoms with Crippen LogP contribution in [0.15, 0.2) is 23.0 Å². The van der Waals surface area contributed by atoms with Gasteiger partial charge in [0.05, 0.1) is 30.5 Å². The van der Waals surface area contributed by atoms with Crippen LogP contribution in [0.3, 0.4) is 0 Å². The standard InChI is InChI=1S/C39H50O18/c1-10-34-14-25-33(8,27(52-19(3)41)23-11-12-50-15-23)28(53-20(4)42)29(54-21(5)43)39(48)35(17-51-18(2)40)24(13-26(45)49-9)32(7)16-36(35,46)37(47,30(32)55-22(6)44)31(56-34)38(25,39)57-34/h11-12,15,24-25,27-31,46-48H,10,13-14,16-17H2,1-9H3/t24-,25+,27-,28-,29+,30-,31+,32-,33+,34-,35+,36+,37-,38+,39-/m0/s1. The number of ether oxygens (including phenoxy) is 8. The average Bonchev–Trinajstić information content (AvgIpc) is 3.92. The summed E-state index contributed by atoms with van der Waals surface area (Å²) in [6.07, 6.45) is -7.45. The van der Waals surface area contributed by atoms with Crippen LogP contribution in [0, 0.1) is 28.1 Å². The summed E-state index contributed by atoms with van der Waals surface area (Å²) in [6, 6.07) is 1.51. The van der Waals surface area contributed by atoms with E-state index in [4.69, 9.17) is 42.3 Å². The Labute approximate surface area is 327 Å². The van der Waals surface area contributed by atoms with Crippen LogP contribution in [-0.2, 0) is 66.7 Å². The number of methoxy groups -OCH3 is 1. The van der Waals surface area contributed by atoms with E-state index < -0.39 is 142 Å². The van der Waals surface area contributed by atoms with Crippen molar-refractivity contribution in [2.45, 2.75) is 140 Å². The van der Waals surface area contributed by atoms with E-state index in [0.29, 0.717) is 0 Å². The molecule has 0 unspecified atom stereocenters. The molecule has 0 radical (unpaired) electrons. The minimum absolute atomic E-state index is 0.0425. The molecule has 4 bridgehead atoms. The molecular formula is C39H50O18. The number of aliphatic hydroxyl groups is 3. The predicted molar refractivity (Wildman–Crippen MR) is 185 cm³/mol. The predicted octanol–water partition coefficient (Wildman–Crippen LogP) is 1.34. The third kappa shape index (κ3) is 4.70. The van der Waals surface area contributed by atoms with Crippen molar-refractivity contribution in [3.8, 4) is 0 Å². The summed E-state index contributed by atoms with van der Waals surface area (Å²) in [7, 11) is 1.11. The van der Waals surface area contributed by atoms with E-state index in [9.17, 15) is 44.1 Å². The van der Waals surface area contributed by atoms with E-state index in [1.165, 1.54) is 18.6 Å². The molecule has 15 atom stereocenters. The van der Waals surface area contributed by atoms with Crippen molar-refractivity contribution >= 4 is 35.8 Å². The maximum Gasteiger partial charge on any atom is 0.305 e. The summed E-state index contributed by atoms with van der Waals surface area (Å²) in [5.74, 6) is -9.75. The summed E-state index contributed by atoms with van der Waals surface area (Å²) in [4.78, 5) is 79.4. The van der Waals surface area contributed by atoms with Crippen LogP contribution in [-0.4, -0.2) is 117 Å². The van der Waals surface area contributed by atoms with Gasteiger partial charge in [0.15, 0.2) is 23.6 Å². The SMILES string of the molecule is CC[C@@]12C[C@@H]3[C@](C)([C@@H](OC(C)=O)c4ccoc4)[C@@H](OC(C)=O)[C@@H](OC(C)=O)[C@@]4(O)[C@]3(O1)[C@H](O2)[C@@]1(O)[C@@H](OC(C)=O)[C@@]2(C)C[C@@]1(O)[C@@]4(COC(C)=O)[C@H]2CC(=O)OC. The van der Waals surface area contributed by atoms with Crippen LogP contribution in [0.5, 0.6) is 0 Å². The number of hydrogen-bond donors (Lipinski definition) is 3. The second kappa shape index (κ2) is 12.7. The largest absolute Gasteiger partial charge is 0.472 e. The first-order chi connectivity index (χ1) is 26.5. The van der Waals surface area contributed by atoms with Crippen LogP contribution < -0.4 is 0 Å². The van der Waals surface area contributed by atoms with E-state index in [0.717, 1.165) is 41.7 Å². The molecule has 6 aliphatic rings. The molecular weight excluding hydrogens is 756 g/mol. The van der Waals surface area contributed by atoms with Gasteiger partial charge in [0.25, 0.3) is 0 Å². The second-order valence-corrected chi connectivity index (χ2v) is 17.1. The molecule has 0 amide bonds. The van der Waals surface area contributed by atoms with Crippen molar-refractivity contribution in [2.75, 3.05) is 13.7 Å². The van der Waals surface area contributed by atoms with Crippen LogP contribution >= 0.6 is 0 Å². The molecule has 0 aromatic carbocycles. The minimum Gasteiger partial charge on any atom is -0.472 e. The molecule has 3 heterocycles. The lowest BCUT2D eigenvalue weighted by molar-refractivity contribution is -0.447. The van der Waals surface area contributed by atoms with Gasteiger partial charge >= 0.3 is 35.8 Å². The fourth-order valence-corrected chi connectivity index (χ4v) is 12.9. The number of furan rings is 1. The fraction of sp³-hybridized carbons (Fsp3) is 0.744. The molecule has 2 saturated heterocycles. The Kier molecular flexibility index (Phi) is 9.15. The Hall–Kier alpha value is -4.10. The van der Waals surface area contributed by atoms with E-state index in [1.54, 1.807) is 20.8 Å². The number of carbonyl (C=O) groups excluding carboxylic acids is 6.